The van der Waals surface area contributed by atoms with E-state index in [0.717, 1.165) is 5.69 Å². The number of carbonyl (C=O) groups is 1. The molecule has 0 radical (unpaired) electrons. The summed E-state index contributed by atoms with van der Waals surface area (Å²) in [6.07, 6.45) is 2.87. The van der Waals surface area contributed by atoms with Crippen molar-refractivity contribution in [2.45, 2.75) is 19.8 Å². The monoisotopic (exact) mass is 258 g/mol. The van der Waals surface area contributed by atoms with Crippen LogP contribution in [0.25, 0.3) is 5.69 Å². The molecule has 2 heterocycles. The number of rotatable bonds is 3. The van der Waals surface area contributed by atoms with E-state index in [4.69, 9.17) is 5.11 Å². The van der Waals surface area contributed by atoms with Crippen molar-refractivity contribution >= 4 is 5.97 Å². The van der Waals surface area contributed by atoms with Crippen LogP contribution in [0.1, 0.15) is 35.8 Å². The molecule has 0 atom stereocenters. The van der Waals surface area contributed by atoms with Gasteiger partial charge in [0, 0.05) is 18.0 Å². The quantitative estimate of drug-likeness (QED) is 0.914. The fourth-order valence-corrected chi connectivity index (χ4v) is 1.70. The van der Waals surface area contributed by atoms with Gasteiger partial charge in [0.05, 0.1) is 17.4 Å². The molecule has 1 N–H and O–H groups in total. The van der Waals surface area contributed by atoms with Crippen molar-refractivity contribution in [2.75, 3.05) is 0 Å². The standard InChI is InChI=1S/C14H14N2O3/c1-9(2)12-5-4-11(7-15-12)16-8-10(14(18)19)3-6-13(16)17/h3-9H,1-2H3,(H,18,19). The second kappa shape index (κ2) is 5.06. The third-order valence-electron chi connectivity index (χ3n) is 2.80. The number of hydrogen-bond donors (Lipinski definition) is 1. The number of aromatic nitrogens is 2. The average Bonchev–Trinajstić information content (AvgIpc) is 2.39. The molecule has 0 aromatic carbocycles. The molecule has 0 aliphatic carbocycles. The maximum absolute atomic E-state index is 11.8. The Morgan fingerprint density at radius 1 is 1.26 bits per heavy atom. The molecule has 0 saturated carbocycles. The Balaban J connectivity index is 2.49. The number of carboxylic acids is 1. The summed E-state index contributed by atoms with van der Waals surface area (Å²) in [5.74, 6) is -0.767. The molecule has 0 aliphatic heterocycles. The van der Waals surface area contributed by atoms with Crippen molar-refractivity contribution in [1.29, 1.82) is 0 Å². The minimum absolute atomic E-state index is 0.0625. The van der Waals surface area contributed by atoms with Gasteiger partial charge < -0.3 is 5.11 Å². The van der Waals surface area contributed by atoms with Crippen LogP contribution in [0.5, 0.6) is 0 Å². The van der Waals surface area contributed by atoms with Gasteiger partial charge in [-0.2, -0.15) is 0 Å². The van der Waals surface area contributed by atoms with Crippen LogP contribution >= 0.6 is 0 Å². The van der Waals surface area contributed by atoms with Gasteiger partial charge in [0.15, 0.2) is 0 Å². The molecule has 2 aromatic rings. The van der Waals surface area contributed by atoms with Crippen molar-refractivity contribution in [3.8, 4) is 5.69 Å². The molecule has 5 heteroatoms. The van der Waals surface area contributed by atoms with Crippen LogP contribution in [-0.4, -0.2) is 20.6 Å². The first-order valence-electron chi connectivity index (χ1n) is 5.91. The molecular weight excluding hydrogens is 244 g/mol. The topological polar surface area (TPSA) is 72.2 Å². The van der Waals surface area contributed by atoms with E-state index in [0.29, 0.717) is 11.6 Å². The summed E-state index contributed by atoms with van der Waals surface area (Å²) in [6.45, 7) is 4.05. The van der Waals surface area contributed by atoms with Crippen molar-refractivity contribution in [1.82, 2.24) is 9.55 Å². The molecule has 2 aromatic heterocycles. The maximum Gasteiger partial charge on any atom is 0.337 e. The summed E-state index contributed by atoms with van der Waals surface area (Å²) in [5, 5.41) is 8.93. The molecule has 0 aliphatic rings. The van der Waals surface area contributed by atoms with Crippen LogP contribution in [0.15, 0.2) is 41.5 Å². The van der Waals surface area contributed by atoms with E-state index in [9.17, 15) is 9.59 Å². The van der Waals surface area contributed by atoms with E-state index >= 15 is 0 Å². The van der Waals surface area contributed by atoms with E-state index in [1.807, 2.05) is 19.9 Å². The second-order valence-electron chi connectivity index (χ2n) is 4.53. The zero-order chi connectivity index (χ0) is 14.0. The SMILES string of the molecule is CC(C)c1ccc(-n2cc(C(=O)O)ccc2=O)cn1. The zero-order valence-corrected chi connectivity index (χ0v) is 10.7. The van der Waals surface area contributed by atoms with E-state index in [-0.39, 0.29) is 11.1 Å². The smallest absolute Gasteiger partial charge is 0.337 e. The van der Waals surface area contributed by atoms with Crippen LogP contribution in [0.4, 0.5) is 0 Å². The van der Waals surface area contributed by atoms with Gasteiger partial charge in [0.25, 0.3) is 5.56 Å². The number of carboxylic acid groups (broad SMARTS) is 1. The predicted octanol–water partition coefficient (Wildman–Crippen LogP) is 2.05. The summed E-state index contributed by atoms with van der Waals surface area (Å²) in [6, 6.07) is 6.12. The number of pyridine rings is 2. The third kappa shape index (κ3) is 2.70. The molecule has 0 unspecified atom stereocenters. The molecule has 5 nitrogen and oxygen atoms in total. The maximum atomic E-state index is 11.8. The fraction of sp³-hybridized carbons (Fsp3) is 0.214. The van der Waals surface area contributed by atoms with Gasteiger partial charge in [0.2, 0.25) is 0 Å². The number of aromatic carboxylic acids is 1. The van der Waals surface area contributed by atoms with Crippen molar-refractivity contribution in [2.24, 2.45) is 0 Å². The average molecular weight is 258 g/mol. The first kappa shape index (κ1) is 13.0. The minimum atomic E-state index is -1.07. The Labute approximate surface area is 110 Å². The van der Waals surface area contributed by atoms with Crippen LogP contribution in [-0.2, 0) is 0 Å². The molecule has 2 rings (SSSR count). The summed E-state index contributed by atoms with van der Waals surface area (Å²) in [4.78, 5) is 26.9. The van der Waals surface area contributed by atoms with E-state index in [1.165, 1.54) is 22.9 Å². The van der Waals surface area contributed by atoms with E-state index in [1.54, 1.807) is 12.3 Å². The Kier molecular flexibility index (Phi) is 3.46. The fourth-order valence-electron chi connectivity index (χ4n) is 1.70. The molecule has 98 valence electrons. The molecule has 0 spiro atoms. The van der Waals surface area contributed by atoms with Gasteiger partial charge in [-0.25, -0.2) is 4.79 Å². The van der Waals surface area contributed by atoms with E-state index < -0.39 is 5.97 Å². The zero-order valence-electron chi connectivity index (χ0n) is 10.7. The molecular formula is C14H14N2O3. The normalized spacial score (nSPS) is 10.7. The lowest BCUT2D eigenvalue weighted by Gasteiger charge is -2.08. The molecule has 0 bridgehead atoms. The summed E-state index contributed by atoms with van der Waals surface area (Å²) >= 11 is 0. The van der Waals surface area contributed by atoms with Gasteiger partial charge in [-0.05, 0) is 24.1 Å². The van der Waals surface area contributed by atoms with Gasteiger partial charge in [-0.3, -0.25) is 14.3 Å². The summed E-state index contributed by atoms with van der Waals surface area (Å²) in [7, 11) is 0. The highest BCUT2D eigenvalue weighted by Crippen LogP contribution is 2.13. The van der Waals surface area contributed by atoms with Crippen molar-refractivity contribution in [3.05, 3.63) is 58.3 Å². The Hall–Kier alpha value is -2.43. The van der Waals surface area contributed by atoms with E-state index in [2.05, 4.69) is 4.98 Å². The lowest BCUT2D eigenvalue weighted by Crippen LogP contribution is -2.18. The Morgan fingerprint density at radius 3 is 2.53 bits per heavy atom. The largest absolute Gasteiger partial charge is 0.478 e. The predicted molar refractivity (Wildman–Crippen MR) is 70.9 cm³/mol. The first-order chi connectivity index (χ1) is 8.99. The Morgan fingerprint density at radius 2 is 2.00 bits per heavy atom. The molecule has 0 amide bonds. The summed E-state index contributed by atoms with van der Waals surface area (Å²) in [5.41, 5.74) is 1.25. The van der Waals surface area contributed by atoms with Crippen molar-refractivity contribution in [3.63, 3.8) is 0 Å². The van der Waals surface area contributed by atoms with Crippen molar-refractivity contribution < 1.29 is 9.90 Å². The van der Waals surface area contributed by atoms with Gasteiger partial charge in [0.1, 0.15) is 0 Å². The lowest BCUT2D eigenvalue weighted by molar-refractivity contribution is 0.0696. The second-order valence-corrected chi connectivity index (χ2v) is 4.53. The highest BCUT2D eigenvalue weighted by Gasteiger charge is 2.07. The van der Waals surface area contributed by atoms with Crippen LogP contribution in [0.2, 0.25) is 0 Å². The molecule has 19 heavy (non-hydrogen) atoms. The molecule has 0 fully saturated rings. The number of nitrogens with zero attached hydrogens (tertiary/aromatic N) is 2. The number of hydrogen-bond acceptors (Lipinski definition) is 3. The summed E-state index contributed by atoms with van der Waals surface area (Å²) < 4.78 is 1.28. The Bertz CT molecular complexity index is 657. The first-order valence-corrected chi connectivity index (χ1v) is 5.91. The minimum Gasteiger partial charge on any atom is -0.478 e. The molecule has 0 saturated heterocycles. The third-order valence-corrected chi connectivity index (χ3v) is 2.80. The highest BCUT2D eigenvalue weighted by molar-refractivity contribution is 5.87. The van der Waals surface area contributed by atoms with Gasteiger partial charge in [-0.15, -0.1) is 0 Å². The van der Waals surface area contributed by atoms with Crippen LogP contribution < -0.4 is 5.56 Å². The lowest BCUT2D eigenvalue weighted by atomic mass is 10.1. The highest BCUT2D eigenvalue weighted by atomic mass is 16.4. The van der Waals surface area contributed by atoms with Gasteiger partial charge >= 0.3 is 5.97 Å². The van der Waals surface area contributed by atoms with Crippen LogP contribution in [0.3, 0.4) is 0 Å². The van der Waals surface area contributed by atoms with Gasteiger partial charge in [-0.1, -0.05) is 13.8 Å². The van der Waals surface area contributed by atoms with Crippen LogP contribution in [0, 0.1) is 0 Å².